The van der Waals surface area contributed by atoms with Crippen molar-refractivity contribution in [2.45, 2.75) is 25.5 Å². The van der Waals surface area contributed by atoms with E-state index in [9.17, 15) is 0 Å². The summed E-state index contributed by atoms with van der Waals surface area (Å²) < 4.78 is 0. The van der Waals surface area contributed by atoms with E-state index in [1.165, 1.54) is 0 Å². The van der Waals surface area contributed by atoms with Crippen molar-refractivity contribution in [3.05, 3.63) is 0 Å². The highest BCUT2D eigenvalue weighted by Gasteiger charge is 2.02. The standard InChI is InChI=1S/C8H19NO2S/c1-7(9-2)3-4-12-6-8(11)5-10/h7-11H,3-6H2,1-2H3. The zero-order valence-corrected chi connectivity index (χ0v) is 8.60. The lowest BCUT2D eigenvalue weighted by Gasteiger charge is -2.10. The highest BCUT2D eigenvalue weighted by molar-refractivity contribution is 7.99. The van der Waals surface area contributed by atoms with E-state index in [0.29, 0.717) is 11.8 Å². The normalized spacial score (nSPS) is 16.0. The average molecular weight is 193 g/mol. The number of nitrogens with one attached hydrogen (secondary N) is 1. The maximum Gasteiger partial charge on any atom is 0.0861 e. The van der Waals surface area contributed by atoms with Gasteiger partial charge in [0.05, 0.1) is 12.7 Å². The van der Waals surface area contributed by atoms with Gasteiger partial charge >= 0.3 is 0 Å². The number of hydrogen-bond acceptors (Lipinski definition) is 4. The van der Waals surface area contributed by atoms with Gasteiger partial charge in [-0.3, -0.25) is 0 Å². The topological polar surface area (TPSA) is 52.5 Å². The zero-order valence-electron chi connectivity index (χ0n) is 7.79. The molecule has 3 nitrogen and oxygen atoms in total. The summed E-state index contributed by atoms with van der Waals surface area (Å²) in [5.74, 6) is 1.66. The van der Waals surface area contributed by atoms with Crippen LogP contribution in [-0.4, -0.2) is 47.5 Å². The van der Waals surface area contributed by atoms with E-state index in [-0.39, 0.29) is 6.61 Å². The average Bonchev–Trinajstić information content (AvgIpc) is 2.11. The van der Waals surface area contributed by atoms with E-state index in [1.54, 1.807) is 11.8 Å². The molecule has 74 valence electrons. The van der Waals surface area contributed by atoms with E-state index in [4.69, 9.17) is 10.2 Å². The van der Waals surface area contributed by atoms with Crippen LogP contribution in [0.1, 0.15) is 13.3 Å². The summed E-state index contributed by atoms with van der Waals surface area (Å²) in [6.45, 7) is 2.00. The van der Waals surface area contributed by atoms with Gasteiger partial charge in [0.1, 0.15) is 0 Å². The van der Waals surface area contributed by atoms with Crippen LogP contribution in [-0.2, 0) is 0 Å². The van der Waals surface area contributed by atoms with Crippen LogP contribution in [0.25, 0.3) is 0 Å². The van der Waals surface area contributed by atoms with Gasteiger partial charge in [-0.1, -0.05) is 0 Å². The minimum atomic E-state index is -0.556. The Labute approximate surface area is 78.6 Å². The fourth-order valence-corrected chi connectivity index (χ4v) is 1.74. The van der Waals surface area contributed by atoms with Crippen LogP contribution in [0.4, 0.5) is 0 Å². The number of thioether (sulfide) groups is 1. The van der Waals surface area contributed by atoms with Gasteiger partial charge < -0.3 is 15.5 Å². The smallest absolute Gasteiger partial charge is 0.0861 e. The largest absolute Gasteiger partial charge is 0.394 e. The lowest BCUT2D eigenvalue weighted by Crippen LogP contribution is -2.22. The second-order valence-corrected chi connectivity index (χ2v) is 4.04. The Morgan fingerprint density at radius 3 is 2.67 bits per heavy atom. The third-order valence-corrected chi connectivity index (χ3v) is 2.85. The van der Waals surface area contributed by atoms with E-state index in [2.05, 4.69) is 12.2 Å². The van der Waals surface area contributed by atoms with E-state index in [1.807, 2.05) is 7.05 Å². The fraction of sp³-hybridized carbons (Fsp3) is 1.00. The Morgan fingerprint density at radius 1 is 1.50 bits per heavy atom. The summed E-state index contributed by atoms with van der Waals surface area (Å²) in [4.78, 5) is 0. The van der Waals surface area contributed by atoms with Crippen molar-refractivity contribution in [1.82, 2.24) is 5.32 Å². The summed E-state index contributed by atoms with van der Waals surface area (Å²) in [6, 6.07) is 0.531. The van der Waals surface area contributed by atoms with Gasteiger partial charge in [-0.05, 0) is 26.1 Å². The van der Waals surface area contributed by atoms with Gasteiger partial charge in [0.15, 0.2) is 0 Å². The molecule has 0 aliphatic carbocycles. The minimum absolute atomic E-state index is 0.130. The summed E-state index contributed by atoms with van der Waals surface area (Å²) in [5, 5.41) is 20.6. The molecule has 0 saturated carbocycles. The van der Waals surface area contributed by atoms with Gasteiger partial charge in [-0.25, -0.2) is 0 Å². The molecule has 0 aliphatic heterocycles. The molecule has 2 atom stereocenters. The van der Waals surface area contributed by atoms with Crippen molar-refractivity contribution in [1.29, 1.82) is 0 Å². The Kier molecular flexibility index (Phi) is 8.01. The number of rotatable bonds is 7. The summed E-state index contributed by atoms with van der Waals surface area (Å²) in [6.07, 6.45) is 0.541. The van der Waals surface area contributed by atoms with Crippen molar-refractivity contribution in [3.8, 4) is 0 Å². The molecule has 0 aromatic carbocycles. The number of aliphatic hydroxyl groups is 2. The summed E-state index contributed by atoms with van der Waals surface area (Å²) in [5.41, 5.74) is 0. The van der Waals surface area contributed by atoms with Crippen LogP contribution in [0.3, 0.4) is 0 Å². The zero-order chi connectivity index (χ0) is 9.40. The lowest BCUT2D eigenvalue weighted by molar-refractivity contribution is 0.113. The number of hydrogen-bond donors (Lipinski definition) is 3. The van der Waals surface area contributed by atoms with Crippen LogP contribution in [0.15, 0.2) is 0 Å². The first-order chi connectivity index (χ1) is 5.70. The lowest BCUT2D eigenvalue weighted by atomic mass is 10.3. The molecule has 0 spiro atoms. The molecule has 12 heavy (non-hydrogen) atoms. The van der Waals surface area contributed by atoms with Crippen LogP contribution in [0, 0.1) is 0 Å². The molecule has 0 aliphatic rings. The second-order valence-electron chi connectivity index (χ2n) is 2.89. The molecular weight excluding hydrogens is 174 g/mol. The van der Waals surface area contributed by atoms with Gasteiger partial charge in [-0.2, -0.15) is 11.8 Å². The summed E-state index contributed by atoms with van der Waals surface area (Å²) >= 11 is 1.68. The summed E-state index contributed by atoms with van der Waals surface area (Å²) in [7, 11) is 1.94. The van der Waals surface area contributed by atoms with Crippen molar-refractivity contribution >= 4 is 11.8 Å². The molecule has 0 aromatic rings. The van der Waals surface area contributed by atoms with Crippen LogP contribution >= 0.6 is 11.8 Å². The molecular formula is C8H19NO2S. The Hall–Kier alpha value is 0.230. The van der Waals surface area contributed by atoms with Crippen molar-refractivity contribution in [2.24, 2.45) is 0 Å². The molecule has 0 bridgehead atoms. The van der Waals surface area contributed by atoms with E-state index in [0.717, 1.165) is 12.2 Å². The van der Waals surface area contributed by atoms with Crippen molar-refractivity contribution in [2.75, 3.05) is 25.2 Å². The highest BCUT2D eigenvalue weighted by atomic mass is 32.2. The Balaban J connectivity index is 3.10. The molecule has 0 amide bonds. The molecule has 0 fully saturated rings. The third kappa shape index (κ3) is 6.91. The highest BCUT2D eigenvalue weighted by Crippen LogP contribution is 2.06. The molecule has 0 heterocycles. The molecule has 4 heteroatoms. The van der Waals surface area contributed by atoms with E-state index < -0.39 is 6.10 Å². The first-order valence-electron chi connectivity index (χ1n) is 4.24. The minimum Gasteiger partial charge on any atom is -0.394 e. The molecule has 0 rings (SSSR count). The van der Waals surface area contributed by atoms with Gasteiger partial charge in [0, 0.05) is 11.8 Å². The maximum atomic E-state index is 8.99. The second kappa shape index (κ2) is 7.86. The Morgan fingerprint density at radius 2 is 2.17 bits per heavy atom. The third-order valence-electron chi connectivity index (χ3n) is 1.71. The molecule has 0 aromatic heterocycles. The molecule has 3 N–H and O–H groups in total. The first-order valence-corrected chi connectivity index (χ1v) is 5.40. The molecule has 0 radical (unpaired) electrons. The van der Waals surface area contributed by atoms with E-state index >= 15 is 0 Å². The quantitative estimate of drug-likeness (QED) is 0.501. The monoisotopic (exact) mass is 193 g/mol. The van der Waals surface area contributed by atoms with Gasteiger partial charge in [0.2, 0.25) is 0 Å². The predicted octanol–water partition coefficient (Wildman–Crippen LogP) is 0.0708. The van der Waals surface area contributed by atoms with Crippen LogP contribution in [0.5, 0.6) is 0 Å². The Bertz CT molecular complexity index is 91.1. The van der Waals surface area contributed by atoms with Crippen LogP contribution in [0.2, 0.25) is 0 Å². The van der Waals surface area contributed by atoms with Crippen molar-refractivity contribution in [3.63, 3.8) is 0 Å². The van der Waals surface area contributed by atoms with Gasteiger partial charge in [-0.15, -0.1) is 0 Å². The fourth-order valence-electron chi connectivity index (χ4n) is 0.677. The molecule has 0 saturated heterocycles. The van der Waals surface area contributed by atoms with Crippen LogP contribution < -0.4 is 5.32 Å². The molecule has 2 unspecified atom stereocenters. The SMILES string of the molecule is CNC(C)CCSCC(O)CO. The predicted molar refractivity (Wildman–Crippen MR) is 53.6 cm³/mol. The van der Waals surface area contributed by atoms with Crippen molar-refractivity contribution < 1.29 is 10.2 Å². The first kappa shape index (κ1) is 12.2. The van der Waals surface area contributed by atoms with Gasteiger partial charge in [0.25, 0.3) is 0 Å². The maximum absolute atomic E-state index is 8.99. The number of aliphatic hydroxyl groups excluding tert-OH is 2.